The summed E-state index contributed by atoms with van der Waals surface area (Å²) in [5, 5.41) is 4.52. The number of benzene rings is 2. The van der Waals surface area contributed by atoms with Gasteiger partial charge in [-0.05, 0) is 64.6 Å². The maximum Gasteiger partial charge on any atom is 0.271 e. The molecule has 0 saturated heterocycles. The van der Waals surface area contributed by atoms with Crippen LogP contribution in [-0.2, 0) is 0 Å². The van der Waals surface area contributed by atoms with Gasteiger partial charge in [0, 0.05) is 10.6 Å². The van der Waals surface area contributed by atoms with Crippen molar-refractivity contribution in [2.75, 3.05) is 13.7 Å². The summed E-state index contributed by atoms with van der Waals surface area (Å²) in [7, 11) is 1.54. The highest BCUT2D eigenvalue weighted by molar-refractivity contribution is 14.1. The van der Waals surface area contributed by atoms with Gasteiger partial charge in [-0.1, -0.05) is 17.5 Å². The number of hydrazone groups is 1. The Morgan fingerprint density at radius 1 is 1.40 bits per heavy atom. The van der Waals surface area contributed by atoms with Gasteiger partial charge >= 0.3 is 0 Å². The lowest BCUT2D eigenvalue weighted by Gasteiger charge is -2.11. The van der Waals surface area contributed by atoms with Crippen LogP contribution in [0.15, 0.2) is 41.5 Å². The SMILES string of the molecule is C#CCOc1c(I)cc(/C=N\NC(=O)c2ccc(Cl)cc2)cc1OC. The lowest BCUT2D eigenvalue weighted by atomic mass is 10.2. The Bertz CT molecular complexity index is 829. The van der Waals surface area contributed by atoms with Crippen molar-refractivity contribution >= 4 is 46.3 Å². The van der Waals surface area contributed by atoms with E-state index in [0.717, 1.165) is 9.13 Å². The highest BCUT2D eigenvalue weighted by atomic mass is 127. The van der Waals surface area contributed by atoms with E-state index in [1.807, 2.05) is 6.07 Å². The molecular weight excluding hydrogens is 455 g/mol. The summed E-state index contributed by atoms with van der Waals surface area (Å²) >= 11 is 7.91. The molecule has 0 bridgehead atoms. The van der Waals surface area contributed by atoms with Gasteiger partial charge < -0.3 is 9.47 Å². The molecule has 0 fully saturated rings. The molecule has 0 aliphatic heterocycles. The Kier molecular flexibility index (Phi) is 7.10. The molecule has 5 nitrogen and oxygen atoms in total. The highest BCUT2D eigenvalue weighted by Gasteiger charge is 2.11. The molecule has 0 unspecified atom stereocenters. The van der Waals surface area contributed by atoms with Crippen LogP contribution in [0.5, 0.6) is 11.5 Å². The van der Waals surface area contributed by atoms with Gasteiger partial charge in [-0.25, -0.2) is 5.43 Å². The van der Waals surface area contributed by atoms with Gasteiger partial charge in [0.2, 0.25) is 0 Å². The maximum absolute atomic E-state index is 12.0. The molecule has 128 valence electrons. The molecule has 0 radical (unpaired) electrons. The topological polar surface area (TPSA) is 59.9 Å². The van der Waals surface area contributed by atoms with Crippen LogP contribution < -0.4 is 14.9 Å². The average Bonchev–Trinajstić information content (AvgIpc) is 2.61. The third-order valence-electron chi connectivity index (χ3n) is 3.04. The van der Waals surface area contributed by atoms with E-state index in [4.69, 9.17) is 27.5 Å². The number of carbonyl (C=O) groups is 1. The van der Waals surface area contributed by atoms with Crippen molar-refractivity contribution in [1.82, 2.24) is 5.43 Å². The molecule has 0 atom stereocenters. The van der Waals surface area contributed by atoms with E-state index in [-0.39, 0.29) is 12.5 Å². The Hall–Kier alpha value is -2.24. The van der Waals surface area contributed by atoms with Crippen molar-refractivity contribution in [3.63, 3.8) is 0 Å². The van der Waals surface area contributed by atoms with Crippen LogP contribution in [0.3, 0.4) is 0 Å². The lowest BCUT2D eigenvalue weighted by molar-refractivity contribution is 0.0955. The van der Waals surface area contributed by atoms with Crippen molar-refractivity contribution in [1.29, 1.82) is 0 Å². The van der Waals surface area contributed by atoms with Gasteiger partial charge in [-0.2, -0.15) is 5.10 Å². The Morgan fingerprint density at radius 3 is 2.76 bits per heavy atom. The minimum absolute atomic E-state index is 0.150. The minimum atomic E-state index is -0.330. The predicted molar refractivity (Wildman–Crippen MR) is 107 cm³/mol. The normalized spacial score (nSPS) is 10.3. The zero-order chi connectivity index (χ0) is 18.2. The van der Waals surface area contributed by atoms with Crippen molar-refractivity contribution in [2.24, 2.45) is 5.10 Å². The number of carbonyl (C=O) groups excluding carboxylic acids is 1. The second kappa shape index (κ2) is 9.30. The molecule has 2 aromatic rings. The van der Waals surface area contributed by atoms with Crippen LogP contribution in [0.25, 0.3) is 0 Å². The molecule has 2 aromatic carbocycles. The van der Waals surface area contributed by atoms with E-state index in [1.165, 1.54) is 13.3 Å². The smallest absolute Gasteiger partial charge is 0.271 e. The fourth-order valence-electron chi connectivity index (χ4n) is 1.90. The third kappa shape index (κ3) is 5.37. The maximum atomic E-state index is 12.0. The molecule has 2 rings (SSSR count). The largest absolute Gasteiger partial charge is 0.493 e. The molecule has 1 amide bonds. The first-order valence-corrected chi connectivity index (χ1v) is 8.53. The van der Waals surface area contributed by atoms with Crippen LogP contribution in [0, 0.1) is 15.9 Å². The first kappa shape index (κ1) is 19.1. The zero-order valence-corrected chi connectivity index (χ0v) is 16.2. The number of hydrogen-bond acceptors (Lipinski definition) is 4. The fraction of sp³-hybridized carbons (Fsp3) is 0.111. The zero-order valence-electron chi connectivity index (χ0n) is 13.3. The highest BCUT2D eigenvalue weighted by Crippen LogP contribution is 2.33. The molecular formula is C18H14ClIN2O3. The van der Waals surface area contributed by atoms with Crippen LogP contribution in [0.2, 0.25) is 5.02 Å². The summed E-state index contributed by atoms with van der Waals surface area (Å²) in [5.74, 6) is 3.19. The second-order valence-electron chi connectivity index (χ2n) is 4.73. The average molecular weight is 469 g/mol. The van der Waals surface area contributed by atoms with E-state index in [1.54, 1.807) is 30.3 Å². The number of ether oxygens (including phenoxy) is 2. The molecule has 1 N–H and O–H groups in total. The Labute approximate surface area is 164 Å². The van der Waals surface area contributed by atoms with Gasteiger partial charge in [-0.15, -0.1) is 6.42 Å². The van der Waals surface area contributed by atoms with Crippen molar-refractivity contribution in [2.45, 2.75) is 0 Å². The molecule has 7 heteroatoms. The monoisotopic (exact) mass is 468 g/mol. The third-order valence-corrected chi connectivity index (χ3v) is 4.09. The summed E-state index contributed by atoms with van der Waals surface area (Å²) in [6.07, 6.45) is 6.73. The molecule has 0 aliphatic carbocycles. The van der Waals surface area contributed by atoms with E-state index in [9.17, 15) is 4.79 Å². The quantitative estimate of drug-likeness (QED) is 0.304. The molecule has 0 saturated carbocycles. The van der Waals surface area contributed by atoms with E-state index in [2.05, 4.69) is 39.0 Å². The van der Waals surface area contributed by atoms with E-state index >= 15 is 0 Å². The number of nitrogens with zero attached hydrogens (tertiary/aromatic N) is 1. The number of nitrogens with one attached hydrogen (secondary N) is 1. The molecule has 25 heavy (non-hydrogen) atoms. The van der Waals surface area contributed by atoms with Crippen molar-refractivity contribution in [3.05, 3.63) is 56.1 Å². The Balaban J connectivity index is 2.10. The Morgan fingerprint density at radius 2 is 2.12 bits per heavy atom. The number of methoxy groups -OCH3 is 1. The summed E-state index contributed by atoms with van der Waals surface area (Å²) in [6.45, 7) is 0.150. The van der Waals surface area contributed by atoms with Gasteiger partial charge in [0.25, 0.3) is 5.91 Å². The summed E-state index contributed by atoms with van der Waals surface area (Å²) in [4.78, 5) is 12.0. The van der Waals surface area contributed by atoms with Gasteiger partial charge in [0.15, 0.2) is 11.5 Å². The first-order chi connectivity index (χ1) is 12.0. The van der Waals surface area contributed by atoms with Crippen LogP contribution in [-0.4, -0.2) is 25.8 Å². The fourth-order valence-corrected chi connectivity index (χ4v) is 2.81. The number of terminal acetylenes is 1. The number of hydrogen-bond donors (Lipinski definition) is 1. The van der Waals surface area contributed by atoms with Gasteiger partial charge in [0.1, 0.15) is 6.61 Å². The summed E-state index contributed by atoms with van der Waals surface area (Å²) < 4.78 is 11.6. The van der Waals surface area contributed by atoms with Crippen molar-refractivity contribution < 1.29 is 14.3 Å². The molecule has 0 heterocycles. The van der Waals surface area contributed by atoms with Crippen LogP contribution in [0.4, 0.5) is 0 Å². The summed E-state index contributed by atoms with van der Waals surface area (Å²) in [6, 6.07) is 10.1. The molecule has 0 aliphatic rings. The first-order valence-electron chi connectivity index (χ1n) is 7.08. The predicted octanol–water partition coefficient (Wildman–Crippen LogP) is 3.73. The lowest BCUT2D eigenvalue weighted by Crippen LogP contribution is -2.17. The summed E-state index contributed by atoms with van der Waals surface area (Å²) in [5.41, 5.74) is 3.67. The second-order valence-corrected chi connectivity index (χ2v) is 6.33. The molecule has 0 aromatic heterocycles. The van der Waals surface area contributed by atoms with Crippen molar-refractivity contribution in [3.8, 4) is 23.8 Å². The van der Waals surface area contributed by atoms with Gasteiger partial charge in [0.05, 0.1) is 16.9 Å². The van der Waals surface area contributed by atoms with Crippen LogP contribution >= 0.6 is 34.2 Å². The number of halogens is 2. The van der Waals surface area contributed by atoms with E-state index < -0.39 is 0 Å². The van der Waals surface area contributed by atoms with Crippen LogP contribution in [0.1, 0.15) is 15.9 Å². The standard InChI is InChI=1S/C18H14ClIN2O3/c1-3-8-25-17-15(20)9-12(10-16(17)24-2)11-21-22-18(23)13-4-6-14(19)7-5-13/h1,4-7,9-11H,8H2,2H3,(H,22,23)/b21-11-. The number of rotatable bonds is 6. The molecule has 0 spiro atoms. The van der Waals surface area contributed by atoms with Gasteiger partial charge in [-0.3, -0.25) is 4.79 Å². The number of amides is 1. The minimum Gasteiger partial charge on any atom is -0.493 e. The van der Waals surface area contributed by atoms with E-state index in [0.29, 0.717) is 22.1 Å².